The molecule has 2 bridgehead atoms. The van der Waals surface area contributed by atoms with Crippen LogP contribution in [0.15, 0.2) is 18.2 Å². The van der Waals surface area contributed by atoms with Gasteiger partial charge in [0.2, 0.25) is 0 Å². The van der Waals surface area contributed by atoms with Crippen molar-refractivity contribution in [2.75, 3.05) is 45.8 Å². The number of esters is 3. The van der Waals surface area contributed by atoms with Gasteiger partial charge in [-0.05, 0) is 113 Å². The van der Waals surface area contributed by atoms with Crippen LogP contribution in [0.25, 0.3) is 0 Å². The number of ether oxygens (including phenoxy) is 3. The number of nitrogens with zero attached hydrogens (tertiary/aromatic N) is 4. The molecule has 10 heteroatoms. The molecule has 1 aliphatic rings. The van der Waals surface area contributed by atoms with E-state index >= 15 is 0 Å². The van der Waals surface area contributed by atoms with E-state index in [1.165, 1.54) is 0 Å². The Labute approximate surface area is 265 Å². The summed E-state index contributed by atoms with van der Waals surface area (Å²) in [5.74, 6) is -0.615. The van der Waals surface area contributed by atoms with Crippen molar-refractivity contribution in [3.63, 3.8) is 0 Å². The second-order valence-corrected chi connectivity index (χ2v) is 14.7. The molecule has 0 saturated carbocycles. The number of hydrogen-bond acceptors (Lipinski definition) is 10. The van der Waals surface area contributed by atoms with Crippen LogP contribution >= 0.6 is 0 Å². The summed E-state index contributed by atoms with van der Waals surface area (Å²) in [5, 5.41) is 0. The highest BCUT2D eigenvalue weighted by Gasteiger charge is 2.21. The number of rotatable bonds is 9. The van der Waals surface area contributed by atoms with Crippen molar-refractivity contribution in [2.24, 2.45) is 0 Å². The Morgan fingerprint density at radius 2 is 0.909 bits per heavy atom. The van der Waals surface area contributed by atoms with E-state index in [4.69, 9.17) is 19.2 Å². The van der Waals surface area contributed by atoms with Gasteiger partial charge in [0, 0.05) is 32.7 Å². The first-order chi connectivity index (χ1) is 20.4. The fourth-order valence-electron chi connectivity index (χ4n) is 5.00. The van der Waals surface area contributed by atoms with Crippen LogP contribution in [0.3, 0.4) is 0 Å². The zero-order valence-corrected chi connectivity index (χ0v) is 28.9. The number of fused-ring (bicyclic) bond motifs is 2. The van der Waals surface area contributed by atoms with Crippen LogP contribution in [0.5, 0.6) is 0 Å². The molecule has 0 aromatic carbocycles. The topological polar surface area (TPSA) is 102 Å². The van der Waals surface area contributed by atoms with Crippen molar-refractivity contribution >= 4 is 17.9 Å². The quantitative estimate of drug-likeness (QED) is 0.278. The maximum absolute atomic E-state index is 12.5. The van der Waals surface area contributed by atoms with Gasteiger partial charge in [-0.25, -0.2) is 0 Å². The summed E-state index contributed by atoms with van der Waals surface area (Å²) in [5.41, 5.74) is 0.337. The molecule has 1 aromatic heterocycles. The number of carbonyl (C=O) groups is 3. The average molecular weight is 619 g/mol. The molecular weight excluding hydrogens is 560 g/mol. The van der Waals surface area contributed by atoms with Crippen LogP contribution in [-0.4, -0.2) is 100 Å². The van der Waals surface area contributed by atoms with E-state index in [9.17, 15) is 14.4 Å². The zero-order chi connectivity index (χ0) is 33.0. The highest BCUT2D eigenvalue weighted by molar-refractivity contribution is 5.70. The lowest BCUT2D eigenvalue weighted by atomic mass is 10.2. The van der Waals surface area contributed by atoms with E-state index < -0.39 is 16.8 Å². The first-order valence-electron chi connectivity index (χ1n) is 16.1. The highest BCUT2D eigenvalue weighted by atomic mass is 16.6. The van der Waals surface area contributed by atoms with Crippen molar-refractivity contribution < 1.29 is 28.6 Å². The summed E-state index contributed by atoms with van der Waals surface area (Å²) in [7, 11) is 0. The van der Waals surface area contributed by atoms with Gasteiger partial charge in [0.05, 0.1) is 30.7 Å². The van der Waals surface area contributed by atoms with E-state index in [-0.39, 0.29) is 17.9 Å². The number of aromatic nitrogens is 1. The Morgan fingerprint density at radius 1 is 0.591 bits per heavy atom. The van der Waals surface area contributed by atoms with E-state index in [0.29, 0.717) is 52.0 Å². The fourth-order valence-corrected chi connectivity index (χ4v) is 5.00. The maximum Gasteiger partial charge on any atom is 0.307 e. The molecule has 0 N–H and O–H groups in total. The summed E-state index contributed by atoms with van der Waals surface area (Å²) in [6, 6.07) is 6.07. The van der Waals surface area contributed by atoms with Gasteiger partial charge in [-0.3, -0.25) is 29.2 Å². The normalized spacial score (nSPS) is 17.0. The Kier molecular flexibility index (Phi) is 14.7. The molecule has 0 unspecified atom stereocenters. The van der Waals surface area contributed by atoms with Crippen LogP contribution in [0.1, 0.15) is 106 Å². The predicted molar refractivity (Wildman–Crippen MR) is 172 cm³/mol. The van der Waals surface area contributed by atoms with E-state index in [1.54, 1.807) is 0 Å². The molecule has 0 amide bonds. The van der Waals surface area contributed by atoms with Gasteiger partial charge in [0.15, 0.2) is 0 Å². The van der Waals surface area contributed by atoms with Gasteiger partial charge in [0.25, 0.3) is 0 Å². The van der Waals surface area contributed by atoms with Crippen LogP contribution in [-0.2, 0) is 41.7 Å². The Bertz CT molecular complexity index is 994. The Morgan fingerprint density at radius 3 is 1.25 bits per heavy atom. The molecule has 0 fully saturated rings. The lowest BCUT2D eigenvalue weighted by Gasteiger charge is -2.29. The SMILES string of the molecule is CC(C)(C)OC(=O)CCN1CCCN(CCC(=O)OC(C)(C)C)Cc2cccc(n2)CN(CCC(=O)OC(C)(C)C)CCC1. The number of hydrogen-bond donors (Lipinski definition) is 0. The monoisotopic (exact) mass is 618 g/mol. The van der Waals surface area contributed by atoms with Gasteiger partial charge in [-0.15, -0.1) is 0 Å². The second kappa shape index (κ2) is 17.2. The van der Waals surface area contributed by atoms with E-state index in [1.807, 2.05) is 80.5 Å². The summed E-state index contributed by atoms with van der Waals surface area (Å²) in [4.78, 5) is 49.3. The zero-order valence-electron chi connectivity index (χ0n) is 28.9. The Balaban J connectivity index is 2.19. The first-order valence-corrected chi connectivity index (χ1v) is 16.1. The largest absolute Gasteiger partial charge is 0.460 e. The van der Waals surface area contributed by atoms with Gasteiger partial charge in [-0.1, -0.05) is 6.07 Å². The molecular formula is C34H58N4O6. The predicted octanol–water partition coefficient (Wildman–Crippen LogP) is 4.98. The fraction of sp³-hybridized carbons (Fsp3) is 0.765. The third kappa shape index (κ3) is 17.7. The number of pyridine rings is 1. The highest BCUT2D eigenvalue weighted by Crippen LogP contribution is 2.15. The molecule has 2 rings (SSSR count). The van der Waals surface area contributed by atoms with Gasteiger partial charge < -0.3 is 19.1 Å². The number of carbonyl (C=O) groups excluding carboxylic acids is 3. The lowest BCUT2D eigenvalue weighted by Crippen LogP contribution is -2.36. The summed E-state index contributed by atoms with van der Waals surface area (Å²) < 4.78 is 16.7. The van der Waals surface area contributed by atoms with E-state index in [2.05, 4.69) is 14.7 Å². The Hall–Kier alpha value is -2.56. The summed E-state index contributed by atoms with van der Waals surface area (Å²) in [6.45, 7) is 23.1. The summed E-state index contributed by atoms with van der Waals surface area (Å²) in [6.07, 6.45) is 2.70. The standard InChI is InChI=1S/C34H58N4O6/c1-32(2,3)42-29(39)15-22-36-18-11-20-37(23-16-30(40)43-33(4,5)6)25-27-13-10-14-28(35-27)26-38(21-12-19-36)24-17-31(41)44-34(7,8)9/h10,13-14H,11-12,15-26H2,1-9H3. The molecule has 0 aliphatic carbocycles. The van der Waals surface area contributed by atoms with Crippen LogP contribution in [0.2, 0.25) is 0 Å². The van der Waals surface area contributed by atoms with E-state index in [0.717, 1.165) is 50.4 Å². The third-order valence-electron chi connectivity index (χ3n) is 6.69. The molecule has 10 nitrogen and oxygen atoms in total. The van der Waals surface area contributed by atoms with Gasteiger partial charge >= 0.3 is 17.9 Å². The van der Waals surface area contributed by atoms with Crippen LogP contribution < -0.4 is 0 Å². The average Bonchev–Trinajstić information content (AvgIpc) is 2.85. The smallest absolute Gasteiger partial charge is 0.307 e. The molecule has 0 saturated heterocycles. The molecule has 0 radical (unpaired) electrons. The first kappa shape index (κ1) is 37.6. The third-order valence-corrected chi connectivity index (χ3v) is 6.69. The van der Waals surface area contributed by atoms with Crippen molar-refractivity contribution in [3.8, 4) is 0 Å². The molecule has 250 valence electrons. The molecule has 0 atom stereocenters. The van der Waals surface area contributed by atoms with Crippen molar-refractivity contribution in [2.45, 2.75) is 124 Å². The molecule has 1 aromatic rings. The second-order valence-electron chi connectivity index (χ2n) is 14.7. The minimum atomic E-state index is -0.518. The van der Waals surface area contributed by atoms with Crippen molar-refractivity contribution in [3.05, 3.63) is 29.6 Å². The van der Waals surface area contributed by atoms with Crippen LogP contribution in [0, 0.1) is 0 Å². The molecule has 44 heavy (non-hydrogen) atoms. The minimum Gasteiger partial charge on any atom is -0.460 e. The molecule has 0 spiro atoms. The lowest BCUT2D eigenvalue weighted by molar-refractivity contribution is -0.156. The van der Waals surface area contributed by atoms with Crippen molar-refractivity contribution in [1.82, 2.24) is 19.7 Å². The van der Waals surface area contributed by atoms with Gasteiger partial charge in [0.1, 0.15) is 16.8 Å². The van der Waals surface area contributed by atoms with Crippen LogP contribution in [0.4, 0.5) is 0 Å². The van der Waals surface area contributed by atoms with Gasteiger partial charge in [-0.2, -0.15) is 0 Å². The molecule has 2 heterocycles. The summed E-state index contributed by atoms with van der Waals surface area (Å²) >= 11 is 0. The van der Waals surface area contributed by atoms with Crippen molar-refractivity contribution in [1.29, 1.82) is 0 Å². The maximum atomic E-state index is 12.5. The minimum absolute atomic E-state index is 0.195. The molecule has 1 aliphatic heterocycles.